The van der Waals surface area contributed by atoms with Crippen LogP contribution in [0.1, 0.15) is 37.8 Å². The summed E-state index contributed by atoms with van der Waals surface area (Å²) < 4.78 is 14.1. The number of benzene rings is 2. The lowest BCUT2D eigenvalue weighted by Gasteiger charge is -2.25. The van der Waals surface area contributed by atoms with E-state index in [4.69, 9.17) is 16.7 Å². The molecule has 2 rings (SSSR count). The molecule has 0 aliphatic heterocycles. The summed E-state index contributed by atoms with van der Waals surface area (Å²) in [6.07, 6.45) is 0. The summed E-state index contributed by atoms with van der Waals surface area (Å²) in [5.41, 5.74) is 0.273. The summed E-state index contributed by atoms with van der Waals surface area (Å²) in [4.78, 5) is 23.6. The Morgan fingerprint density at radius 1 is 1.16 bits per heavy atom. The van der Waals surface area contributed by atoms with E-state index in [0.717, 1.165) is 0 Å². The molecule has 0 bridgehead atoms. The highest BCUT2D eigenvalue weighted by Crippen LogP contribution is 2.29. The number of aliphatic carboxylic acids is 1. The van der Waals surface area contributed by atoms with Crippen LogP contribution in [0.15, 0.2) is 42.5 Å². The molecule has 6 heteroatoms. The first-order valence-corrected chi connectivity index (χ1v) is 8.10. The Labute approximate surface area is 150 Å². The molecule has 132 valence electrons. The highest BCUT2D eigenvalue weighted by atomic mass is 35.5. The minimum atomic E-state index is -1.11. The number of halogens is 2. The second-order valence-electron chi connectivity index (χ2n) is 6.39. The lowest BCUT2D eigenvalue weighted by molar-refractivity contribution is -0.138. The van der Waals surface area contributed by atoms with Crippen LogP contribution >= 0.6 is 11.6 Å². The third kappa shape index (κ3) is 4.17. The number of carbonyl (C=O) groups excluding carboxylic acids is 1. The largest absolute Gasteiger partial charge is 0.481 e. The third-order valence-electron chi connectivity index (χ3n) is 4.21. The first kappa shape index (κ1) is 18.9. The van der Waals surface area contributed by atoms with Crippen LogP contribution in [0.25, 0.3) is 0 Å². The van der Waals surface area contributed by atoms with E-state index in [9.17, 15) is 14.0 Å². The predicted octanol–water partition coefficient (Wildman–Crippen LogP) is 4.58. The van der Waals surface area contributed by atoms with Crippen molar-refractivity contribution in [3.05, 3.63) is 64.4 Å². The minimum absolute atomic E-state index is 0.241. The van der Waals surface area contributed by atoms with Gasteiger partial charge in [0.1, 0.15) is 5.82 Å². The van der Waals surface area contributed by atoms with Gasteiger partial charge in [-0.2, -0.15) is 0 Å². The van der Waals surface area contributed by atoms with E-state index in [1.807, 2.05) is 0 Å². The molecule has 2 N–H and O–H groups in total. The molecule has 0 saturated carbocycles. The monoisotopic (exact) mass is 363 g/mol. The standard InChI is InChI=1S/C19H19ClFNO3/c1-11(17(23)24)12-4-7-14(8-5-12)22-18(25)19(2,3)15-9-6-13(20)10-16(15)21/h4-11H,1-3H3,(H,22,25)(H,23,24). The number of nitrogens with one attached hydrogen (secondary N) is 1. The van der Waals surface area contributed by atoms with Crippen LogP contribution in [0.2, 0.25) is 5.02 Å². The van der Waals surface area contributed by atoms with Gasteiger partial charge < -0.3 is 10.4 Å². The molecule has 0 radical (unpaired) electrons. The Morgan fingerprint density at radius 3 is 2.28 bits per heavy atom. The van der Waals surface area contributed by atoms with Gasteiger partial charge in [-0.1, -0.05) is 29.8 Å². The Bertz CT molecular complexity index is 803. The predicted molar refractivity (Wildman–Crippen MR) is 95.6 cm³/mol. The number of hydrogen-bond donors (Lipinski definition) is 2. The summed E-state index contributed by atoms with van der Waals surface area (Å²) >= 11 is 5.76. The van der Waals surface area contributed by atoms with Crippen LogP contribution in [0.3, 0.4) is 0 Å². The van der Waals surface area contributed by atoms with Gasteiger partial charge in [0, 0.05) is 16.3 Å². The van der Waals surface area contributed by atoms with Gasteiger partial charge >= 0.3 is 5.97 Å². The molecule has 1 amide bonds. The van der Waals surface area contributed by atoms with Gasteiger partial charge in [-0.05, 0) is 50.6 Å². The molecule has 4 nitrogen and oxygen atoms in total. The number of amides is 1. The zero-order valence-corrected chi connectivity index (χ0v) is 14.9. The van der Waals surface area contributed by atoms with E-state index < -0.39 is 23.1 Å². The van der Waals surface area contributed by atoms with Gasteiger partial charge in [0.25, 0.3) is 0 Å². The fourth-order valence-corrected chi connectivity index (χ4v) is 2.56. The first-order valence-electron chi connectivity index (χ1n) is 7.72. The average Bonchev–Trinajstić information content (AvgIpc) is 2.54. The zero-order chi connectivity index (χ0) is 18.8. The second kappa shape index (κ2) is 7.23. The molecular weight excluding hydrogens is 345 g/mol. The molecule has 1 atom stereocenters. The fraction of sp³-hybridized carbons (Fsp3) is 0.263. The van der Waals surface area contributed by atoms with Crippen molar-refractivity contribution in [2.45, 2.75) is 32.1 Å². The Morgan fingerprint density at radius 2 is 1.76 bits per heavy atom. The lowest BCUT2D eigenvalue weighted by atomic mass is 9.83. The van der Waals surface area contributed by atoms with Gasteiger partial charge in [-0.25, -0.2) is 4.39 Å². The molecule has 0 aliphatic carbocycles. The van der Waals surface area contributed by atoms with Crippen molar-refractivity contribution in [2.75, 3.05) is 5.32 Å². The van der Waals surface area contributed by atoms with E-state index in [1.54, 1.807) is 45.0 Å². The molecule has 0 fully saturated rings. The second-order valence-corrected chi connectivity index (χ2v) is 6.82. The first-order chi connectivity index (χ1) is 11.6. The van der Waals surface area contributed by atoms with Crippen LogP contribution in [-0.4, -0.2) is 17.0 Å². The molecule has 2 aromatic rings. The van der Waals surface area contributed by atoms with E-state index >= 15 is 0 Å². The number of carboxylic acids is 1. The zero-order valence-electron chi connectivity index (χ0n) is 14.1. The van der Waals surface area contributed by atoms with Crippen LogP contribution in [0.4, 0.5) is 10.1 Å². The highest BCUT2D eigenvalue weighted by Gasteiger charge is 2.32. The maximum Gasteiger partial charge on any atom is 0.310 e. The van der Waals surface area contributed by atoms with Gasteiger partial charge in [0.15, 0.2) is 0 Å². The number of carbonyl (C=O) groups is 2. The van der Waals surface area contributed by atoms with Crippen LogP contribution < -0.4 is 5.32 Å². The van der Waals surface area contributed by atoms with Crippen molar-refractivity contribution in [3.8, 4) is 0 Å². The van der Waals surface area contributed by atoms with Crippen LogP contribution in [0.5, 0.6) is 0 Å². The van der Waals surface area contributed by atoms with Crippen molar-refractivity contribution < 1.29 is 19.1 Å². The molecule has 2 aromatic carbocycles. The smallest absolute Gasteiger partial charge is 0.310 e. The maximum atomic E-state index is 14.1. The van der Waals surface area contributed by atoms with Crippen molar-refractivity contribution >= 4 is 29.2 Å². The van der Waals surface area contributed by atoms with Crippen molar-refractivity contribution in [2.24, 2.45) is 0 Å². The molecule has 0 spiro atoms. The Balaban J connectivity index is 2.19. The van der Waals surface area contributed by atoms with Gasteiger partial charge in [0.2, 0.25) is 5.91 Å². The summed E-state index contributed by atoms with van der Waals surface area (Å²) in [6, 6.07) is 10.7. The lowest BCUT2D eigenvalue weighted by Crippen LogP contribution is -2.35. The van der Waals surface area contributed by atoms with E-state index in [2.05, 4.69) is 5.32 Å². The number of carboxylic acid groups (broad SMARTS) is 1. The maximum absolute atomic E-state index is 14.1. The third-order valence-corrected chi connectivity index (χ3v) is 4.45. The number of anilines is 1. The van der Waals surface area contributed by atoms with Gasteiger partial charge in [-0.3, -0.25) is 9.59 Å². The minimum Gasteiger partial charge on any atom is -0.481 e. The topological polar surface area (TPSA) is 66.4 Å². The van der Waals surface area contributed by atoms with E-state index in [0.29, 0.717) is 11.3 Å². The average molecular weight is 364 g/mol. The van der Waals surface area contributed by atoms with Crippen molar-refractivity contribution in [1.82, 2.24) is 0 Å². The summed E-state index contributed by atoms with van der Waals surface area (Å²) in [5, 5.41) is 12.0. The molecule has 25 heavy (non-hydrogen) atoms. The van der Waals surface area contributed by atoms with E-state index in [1.165, 1.54) is 18.2 Å². The molecule has 0 aliphatic rings. The molecule has 1 unspecified atom stereocenters. The summed E-state index contributed by atoms with van der Waals surface area (Å²) in [5.74, 6) is -2.48. The van der Waals surface area contributed by atoms with Gasteiger partial charge in [-0.15, -0.1) is 0 Å². The Hall–Kier alpha value is -2.40. The number of hydrogen-bond acceptors (Lipinski definition) is 2. The summed E-state index contributed by atoms with van der Waals surface area (Å²) in [7, 11) is 0. The quantitative estimate of drug-likeness (QED) is 0.816. The summed E-state index contributed by atoms with van der Waals surface area (Å²) in [6.45, 7) is 4.83. The van der Waals surface area contributed by atoms with E-state index in [-0.39, 0.29) is 16.5 Å². The molecule has 0 heterocycles. The molecule has 0 saturated heterocycles. The van der Waals surface area contributed by atoms with Gasteiger partial charge in [0.05, 0.1) is 11.3 Å². The van der Waals surface area contributed by atoms with Crippen LogP contribution in [0, 0.1) is 5.82 Å². The fourth-order valence-electron chi connectivity index (χ4n) is 2.40. The van der Waals surface area contributed by atoms with Crippen molar-refractivity contribution in [1.29, 1.82) is 0 Å². The SMILES string of the molecule is CC(C(=O)O)c1ccc(NC(=O)C(C)(C)c2ccc(Cl)cc2F)cc1. The highest BCUT2D eigenvalue weighted by molar-refractivity contribution is 6.30. The molecule has 0 aromatic heterocycles. The number of rotatable bonds is 5. The Kier molecular flexibility index (Phi) is 5.48. The van der Waals surface area contributed by atoms with Crippen molar-refractivity contribution in [3.63, 3.8) is 0 Å². The molecular formula is C19H19ClFNO3. The van der Waals surface area contributed by atoms with Crippen LogP contribution in [-0.2, 0) is 15.0 Å². The normalized spacial score (nSPS) is 12.5.